The van der Waals surface area contributed by atoms with Crippen LogP contribution in [0.5, 0.6) is 0 Å². The van der Waals surface area contributed by atoms with Crippen molar-refractivity contribution in [1.29, 1.82) is 0 Å². The van der Waals surface area contributed by atoms with E-state index in [4.69, 9.17) is 24.0 Å². The number of unbranched alkanes of at least 4 members (excludes halogenated alkanes) is 7. The fourth-order valence-corrected chi connectivity index (χ4v) is 3.61. The Morgan fingerprint density at radius 1 is 1.00 bits per heavy atom. The second kappa shape index (κ2) is 22.8. The number of rotatable bonds is 24. The van der Waals surface area contributed by atoms with Crippen LogP contribution in [-0.2, 0) is 35.4 Å². The first-order chi connectivity index (χ1) is 18.9. The van der Waals surface area contributed by atoms with Gasteiger partial charge in [0.05, 0.1) is 13.2 Å². The van der Waals surface area contributed by atoms with Crippen LogP contribution in [0.15, 0.2) is 54.6 Å². The molecule has 1 aromatic carbocycles. The molecule has 1 N–H and O–H groups in total. The summed E-state index contributed by atoms with van der Waals surface area (Å²) in [5, 5.41) is 9.46. The van der Waals surface area contributed by atoms with Gasteiger partial charge in [-0.3, -0.25) is 4.79 Å². The Morgan fingerprint density at radius 2 is 1.74 bits per heavy atom. The van der Waals surface area contributed by atoms with Crippen molar-refractivity contribution in [3.8, 4) is 0 Å². The molecule has 1 rings (SSSR count). The summed E-state index contributed by atoms with van der Waals surface area (Å²) in [6.45, 7) is 6.11. The van der Waals surface area contributed by atoms with Gasteiger partial charge in [0, 0.05) is 13.5 Å². The number of methoxy groups -OCH3 is 1. The summed E-state index contributed by atoms with van der Waals surface area (Å²) in [5.74, 6) is -1.01. The topological polar surface area (TPSA) is 83.5 Å². The third-order valence-corrected chi connectivity index (χ3v) is 6.24. The number of hydrogen-bond acceptors (Lipinski definition) is 7. The molecule has 0 unspecified atom stereocenters. The maximum atomic E-state index is 12.0. The number of benzene rings is 1. The number of aliphatic hydroxyl groups excluding tert-OH is 1. The Balaban J connectivity index is 2.11. The zero-order valence-corrected chi connectivity index (χ0v) is 24.6. The molecule has 0 fully saturated rings. The highest BCUT2D eigenvalue weighted by Gasteiger charge is 2.20. The van der Waals surface area contributed by atoms with Crippen molar-refractivity contribution < 1.29 is 33.9 Å². The lowest BCUT2D eigenvalue weighted by atomic mass is 10.1. The minimum Gasteiger partial charge on any atom is -0.463 e. The van der Waals surface area contributed by atoms with Crippen LogP contribution in [0.25, 0.3) is 0 Å². The van der Waals surface area contributed by atoms with E-state index >= 15 is 0 Å². The Labute approximate surface area is 236 Å². The van der Waals surface area contributed by atoms with Gasteiger partial charge in [-0.05, 0) is 45.1 Å². The molecule has 0 saturated carbocycles. The summed E-state index contributed by atoms with van der Waals surface area (Å²) in [6.07, 6.45) is 18.6. The summed E-state index contributed by atoms with van der Waals surface area (Å²) < 4.78 is 16.2. The molecule has 39 heavy (non-hydrogen) atoms. The standard InChI is InChI=1S/C32H52O7/c1-5-6-15-22-29(38-39-32(2,3)35-4)23-18-12-10-8-7-9-11-13-19-24-31(34)37-27-30(25-33)36-26-28-20-16-14-17-21-28/h10,12,14,16-18,20-21,23,29-30,33H,5-9,11,13,15,19,22,24-27H2,1-4H3/b12-10-,23-18+/t29-,30-/m0/s1. The average Bonchev–Trinajstić information content (AvgIpc) is 2.95. The minimum atomic E-state index is -0.770. The highest BCUT2D eigenvalue weighted by atomic mass is 17.2. The van der Waals surface area contributed by atoms with E-state index in [-0.39, 0.29) is 25.3 Å². The molecule has 0 amide bonds. The van der Waals surface area contributed by atoms with E-state index in [1.165, 1.54) is 12.8 Å². The summed E-state index contributed by atoms with van der Waals surface area (Å²) >= 11 is 0. The van der Waals surface area contributed by atoms with E-state index < -0.39 is 11.9 Å². The smallest absolute Gasteiger partial charge is 0.305 e. The third kappa shape index (κ3) is 19.6. The Bertz CT molecular complexity index is 776. The van der Waals surface area contributed by atoms with Crippen LogP contribution < -0.4 is 0 Å². The monoisotopic (exact) mass is 548 g/mol. The lowest BCUT2D eigenvalue weighted by Crippen LogP contribution is -2.29. The van der Waals surface area contributed by atoms with Gasteiger partial charge in [-0.25, -0.2) is 9.78 Å². The molecule has 2 atom stereocenters. The third-order valence-electron chi connectivity index (χ3n) is 6.24. The second-order valence-electron chi connectivity index (χ2n) is 10.2. The normalized spacial score (nSPS) is 13.8. The summed E-state index contributed by atoms with van der Waals surface area (Å²) in [7, 11) is 1.60. The molecule has 7 heteroatoms. The molecule has 0 heterocycles. The number of esters is 1. The van der Waals surface area contributed by atoms with Crippen molar-refractivity contribution in [1.82, 2.24) is 0 Å². The zero-order valence-electron chi connectivity index (χ0n) is 24.6. The van der Waals surface area contributed by atoms with Gasteiger partial charge < -0.3 is 19.3 Å². The number of ether oxygens (including phenoxy) is 3. The second-order valence-corrected chi connectivity index (χ2v) is 10.2. The molecule has 222 valence electrons. The van der Waals surface area contributed by atoms with Crippen LogP contribution in [0.3, 0.4) is 0 Å². The van der Waals surface area contributed by atoms with E-state index in [0.29, 0.717) is 13.0 Å². The van der Waals surface area contributed by atoms with E-state index in [0.717, 1.165) is 56.9 Å². The van der Waals surface area contributed by atoms with Crippen molar-refractivity contribution in [2.45, 2.75) is 116 Å². The molecule has 0 saturated heterocycles. The minimum absolute atomic E-state index is 0.0761. The molecule has 0 bridgehead atoms. The number of hydrogen-bond donors (Lipinski definition) is 1. The summed E-state index contributed by atoms with van der Waals surface area (Å²) in [5.41, 5.74) is 1.02. The van der Waals surface area contributed by atoms with Crippen LogP contribution >= 0.6 is 0 Å². The molecule has 0 spiro atoms. The van der Waals surface area contributed by atoms with Gasteiger partial charge >= 0.3 is 5.97 Å². The van der Waals surface area contributed by atoms with E-state index in [9.17, 15) is 9.90 Å². The summed E-state index contributed by atoms with van der Waals surface area (Å²) in [6, 6.07) is 9.72. The molecule has 0 aliphatic carbocycles. The SMILES string of the molecule is CCCCC[C@@H](/C=C/C=C\CCCCCCCC(=O)OC[C@H](CO)OCc1ccccc1)OOC(C)(C)OC. The van der Waals surface area contributed by atoms with E-state index in [1.807, 2.05) is 56.3 Å². The van der Waals surface area contributed by atoms with Gasteiger partial charge in [0.15, 0.2) is 5.79 Å². The van der Waals surface area contributed by atoms with E-state index in [2.05, 4.69) is 19.1 Å². The van der Waals surface area contributed by atoms with Crippen molar-refractivity contribution >= 4 is 5.97 Å². The first-order valence-corrected chi connectivity index (χ1v) is 14.5. The van der Waals surface area contributed by atoms with Crippen molar-refractivity contribution in [3.05, 3.63) is 60.2 Å². The van der Waals surface area contributed by atoms with Crippen LogP contribution in [0.2, 0.25) is 0 Å². The van der Waals surface area contributed by atoms with Crippen LogP contribution in [0.4, 0.5) is 0 Å². The largest absolute Gasteiger partial charge is 0.463 e. The fraction of sp³-hybridized carbons (Fsp3) is 0.656. The first kappa shape index (κ1) is 35.0. The van der Waals surface area contributed by atoms with Gasteiger partial charge in [-0.2, -0.15) is 0 Å². The Hall–Kier alpha value is -2.03. The Morgan fingerprint density at radius 3 is 2.46 bits per heavy atom. The quantitative estimate of drug-likeness (QED) is 0.0364. The van der Waals surface area contributed by atoms with Crippen molar-refractivity contribution in [2.24, 2.45) is 0 Å². The average molecular weight is 549 g/mol. The molecule has 7 nitrogen and oxygen atoms in total. The lowest BCUT2D eigenvalue weighted by molar-refractivity contribution is -0.425. The predicted octanol–water partition coefficient (Wildman–Crippen LogP) is 7.23. The zero-order chi connectivity index (χ0) is 28.6. The molecule has 1 aromatic rings. The molecular weight excluding hydrogens is 496 g/mol. The van der Waals surface area contributed by atoms with Gasteiger partial charge in [-0.1, -0.05) is 100 Å². The summed E-state index contributed by atoms with van der Waals surface area (Å²) in [4.78, 5) is 23.1. The van der Waals surface area contributed by atoms with Gasteiger partial charge in [0.1, 0.15) is 18.8 Å². The predicted molar refractivity (Wildman–Crippen MR) is 155 cm³/mol. The van der Waals surface area contributed by atoms with Gasteiger partial charge in [0.25, 0.3) is 0 Å². The molecule has 0 aliphatic heterocycles. The highest BCUT2D eigenvalue weighted by Crippen LogP contribution is 2.16. The van der Waals surface area contributed by atoms with E-state index in [1.54, 1.807) is 7.11 Å². The maximum Gasteiger partial charge on any atom is 0.305 e. The van der Waals surface area contributed by atoms with Crippen LogP contribution in [0, 0.1) is 0 Å². The van der Waals surface area contributed by atoms with Gasteiger partial charge in [-0.15, -0.1) is 0 Å². The first-order valence-electron chi connectivity index (χ1n) is 14.5. The Kier molecular flexibility index (Phi) is 20.4. The van der Waals surface area contributed by atoms with Crippen molar-refractivity contribution in [2.75, 3.05) is 20.3 Å². The number of aliphatic hydroxyl groups is 1. The lowest BCUT2D eigenvalue weighted by Gasteiger charge is -2.24. The highest BCUT2D eigenvalue weighted by molar-refractivity contribution is 5.69. The van der Waals surface area contributed by atoms with Crippen LogP contribution in [-0.4, -0.2) is 49.4 Å². The number of carbonyl (C=O) groups excluding carboxylic acids is 1. The molecular formula is C32H52O7. The molecule has 0 aliphatic rings. The molecule has 0 aromatic heterocycles. The molecule has 0 radical (unpaired) electrons. The van der Waals surface area contributed by atoms with Gasteiger partial charge in [0.2, 0.25) is 0 Å². The fourth-order valence-electron chi connectivity index (χ4n) is 3.61. The van der Waals surface area contributed by atoms with Crippen LogP contribution in [0.1, 0.15) is 97.0 Å². The van der Waals surface area contributed by atoms with Crippen molar-refractivity contribution in [3.63, 3.8) is 0 Å². The maximum absolute atomic E-state index is 12.0. The number of allylic oxidation sites excluding steroid dienone is 3. The number of carbonyl (C=O) groups is 1.